The molecule has 1 aliphatic heterocycles. The number of nitrogens with zero attached hydrogens (tertiary/aromatic N) is 2. The third-order valence-corrected chi connectivity index (χ3v) is 6.98. The molecule has 1 fully saturated rings. The minimum absolute atomic E-state index is 0.107. The van der Waals surface area contributed by atoms with Gasteiger partial charge in [0.2, 0.25) is 15.9 Å². The van der Waals surface area contributed by atoms with Gasteiger partial charge in [-0.05, 0) is 36.8 Å². The molecule has 2 aromatic rings. The van der Waals surface area contributed by atoms with Crippen molar-refractivity contribution in [3.63, 3.8) is 0 Å². The molecule has 0 spiro atoms. The van der Waals surface area contributed by atoms with Crippen LogP contribution in [-0.2, 0) is 27.8 Å². The van der Waals surface area contributed by atoms with Crippen LogP contribution >= 0.6 is 11.3 Å². The SMILES string of the molecule is CS(=O)(=O)N1CCC(C(=O)N(CCc2cccs2)Cc2ccoc2)CC1. The van der Waals surface area contributed by atoms with Crippen molar-refractivity contribution in [2.75, 3.05) is 25.9 Å². The molecular formula is C18H24N2O4S2. The maximum Gasteiger partial charge on any atom is 0.226 e. The summed E-state index contributed by atoms with van der Waals surface area (Å²) in [4.78, 5) is 16.2. The summed E-state index contributed by atoms with van der Waals surface area (Å²) >= 11 is 1.69. The van der Waals surface area contributed by atoms with E-state index in [0.717, 1.165) is 12.0 Å². The Bertz CT molecular complexity index is 792. The van der Waals surface area contributed by atoms with E-state index >= 15 is 0 Å². The first-order valence-electron chi connectivity index (χ1n) is 8.71. The number of hydrogen-bond acceptors (Lipinski definition) is 5. The van der Waals surface area contributed by atoms with E-state index in [2.05, 4.69) is 6.07 Å². The average Bonchev–Trinajstić information content (AvgIpc) is 3.31. The van der Waals surface area contributed by atoms with Crippen molar-refractivity contribution >= 4 is 27.3 Å². The number of piperidine rings is 1. The molecule has 0 saturated carbocycles. The van der Waals surface area contributed by atoms with E-state index in [1.807, 2.05) is 22.4 Å². The Labute approximate surface area is 158 Å². The molecule has 0 aromatic carbocycles. The molecule has 26 heavy (non-hydrogen) atoms. The molecule has 1 amide bonds. The zero-order valence-electron chi connectivity index (χ0n) is 14.8. The predicted molar refractivity (Wildman–Crippen MR) is 101 cm³/mol. The quantitative estimate of drug-likeness (QED) is 0.721. The molecule has 0 radical (unpaired) electrons. The van der Waals surface area contributed by atoms with Crippen molar-refractivity contribution in [1.29, 1.82) is 0 Å². The summed E-state index contributed by atoms with van der Waals surface area (Å²) in [6.45, 7) is 2.00. The van der Waals surface area contributed by atoms with Crippen LogP contribution in [0.2, 0.25) is 0 Å². The van der Waals surface area contributed by atoms with Gasteiger partial charge < -0.3 is 9.32 Å². The van der Waals surface area contributed by atoms with Gasteiger partial charge in [-0.15, -0.1) is 11.3 Å². The predicted octanol–water partition coefficient (Wildman–Crippen LogP) is 2.58. The summed E-state index contributed by atoms with van der Waals surface area (Å²) in [6, 6.07) is 5.97. The Balaban J connectivity index is 1.64. The number of thiophene rings is 1. The van der Waals surface area contributed by atoms with Crippen molar-refractivity contribution < 1.29 is 17.6 Å². The molecule has 8 heteroatoms. The number of carbonyl (C=O) groups excluding carboxylic acids is 1. The maximum absolute atomic E-state index is 13.1. The lowest BCUT2D eigenvalue weighted by Gasteiger charge is -2.33. The Morgan fingerprint density at radius 3 is 2.69 bits per heavy atom. The standard InChI is InChI=1S/C18H24N2O4S2/c1-26(22,23)20-9-4-16(5-10-20)18(21)19(13-15-7-11-24-14-15)8-6-17-3-2-12-25-17/h2-3,7,11-12,14,16H,4-6,8-10,13H2,1H3. The van der Waals surface area contributed by atoms with Crippen molar-refractivity contribution in [1.82, 2.24) is 9.21 Å². The molecule has 3 heterocycles. The lowest BCUT2D eigenvalue weighted by Crippen LogP contribution is -2.44. The Hall–Kier alpha value is -1.64. The van der Waals surface area contributed by atoms with E-state index in [1.54, 1.807) is 23.9 Å². The number of furan rings is 1. The van der Waals surface area contributed by atoms with Gasteiger partial charge in [-0.25, -0.2) is 12.7 Å². The van der Waals surface area contributed by atoms with Crippen LogP contribution in [0.3, 0.4) is 0 Å². The molecule has 6 nitrogen and oxygen atoms in total. The zero-order chi connectivity index (χ0) is 18.6. The number of amides is 1. The number of hydrogen-bond donors (Lipinski definition) is 0. The van der Waals surface area contributed by atoms with Crippen LogP contribution in [0.1, 0.15) is 23.3 Å². The van der Waals surface area contributed by atoms with Crippen LogP contribution in [-0.4, -0.2) is 49.4 Å². The first-order chi connectivity index (χ1) is 12.4. The summed E-state index contributed by atoms with van der Waals surface area (Å²) in [5, 5.41) is 2.04. The molecule has 0 N–H and O–H groups in total. The normalized spacial score (nSPS) is 16.7. The molecular weight excluding hydrogens is 372 g/mol. The van der Waals surface area contributed by atoms with Gasteiger partial charge in [-0.2, -0.15) is 0 Å². The Morgan fingerprint density at radius 1 is 1.35 bits per heavy atom. The molecule has 0 bridgehead atoms. The Morgan fingerprint density at radius 2 is 2.12 bits per heavy atom. The van der Waals surface area contributed by atoms with Crippen LogP contribution in [0.15, 0.2) is 40.5 Å². The first kappa shape index (κ1) is 19.1. The fraction of sp³-hybridized carbons (Fsp3) is 0.500. The minimum Gasteiger partial charge on any atom is -0.472 e. The van der Waals surface area contributed by atoms with E-state index in [1.165, 1.54) is 15.4 Å². The van der Waals surface area contributed by atoms with Gasteiger partial charge in [0.25, 0.3) is 0 Å². The largest absolute Gasteiger partial charge is 0.472 e. The van der Waals surface area contributed by atoms with Crippen LogP contribution in [0.4, 0.5) is 0 Å². The van der Waals surface area contributed by atoms with E-state index in [9.17, 15) is 13.2 Å². The van der Waals surface area contributed by atoms with Crippen LogP contribution < -0.4 is 0 Å². The monoisotopic (exact) mass is 396 g/mol. The molecule has 1 aliphatic rings. The fourth-order valence-electron chi connectivity index (χ4n) is 3.26. The molecule has 0 atom stereocenters. The lowest BCUT2D eigenvalue weighted by atomic mass is 9.96. The fourth-order valence-corrected chi connectivity index (χ4v) is 4.84. The number of sulfonamides is 1. The van der Waals surface area contributed by atoms with E-state index in [4.69, 9.17) is 4.42 Å². The molecule has 2 aromatic heterocycles. The van der Waals surface area contributed by atoms with Crippen molar-refractivity contribution in [3.05, 3.63) is 46.5 Å². The van der Waals surface area contributed by atoms with Gasteiger partial charge in [0, 0.05) is 42.5 Å². The third kappa shape index (κ3) is 4.96. The summed E-state index contributed by atoms with van der Waals surface area (Å²) < 4.78 is 29.9. The van der Waals surface area contributed by atoms with Gasteiger partial charge in [0.1, 0.15) is 0 Å². The van der Waals surface area contributed by atoms with Gasteiger partial charge in [0.05, 0.1) is 18.8 Å². The van der Waals surface area contributed by atoms with E-state index in [-0.39, 0.29) is 11.8 Å². The number of carbonyl (C=O) groups is 1. The van der Waals surface area contributed by atoms with E-state index in [0.29, 0.717) is 39.0 Å². The smallest absolute Gasteiger partial charge is 0.226 e. The molecule has 0 aliphatic carbocycles. The summed E-state index contributed by atoms with van der Waals surface area (Å²) in [5.74, 6) is -0.0147. The molecule has 1 saturated heterocycles. The molecule has 142 valence electrons. The van der Waals surface area contributed by atoms with Crippen molar-refractivity contribution in [2.45, 2.75) is 25.8 Å². The summed E-state index contributed by atoms with van der Waals surface area (Å²) in [5.41, 5.74) is 0.970. The lowest BCUT2D eigenvalue weighted by molar-refractivity contribution is -0.137. The second-order valence-corrected chi connectivity index (χ2v) is 9.67. The zero-order valence-corrected chi connectivity index (χ0v) is 16.5. The van der Waals surface area contributed by atoms with E-state index < -0.39 is 10.0 Å². The maximum atomic E-state index is 13.1. The highest BCUT2D eigenvalue weighted by Crippen LogP contribution is 2.23. The van der Waals surface area contributed by atoms with Crippen molar-refractivity contribution in [2.24, 2.45) is 5.92 Å². The molecule has 3 rings (SSSR count). The second kappa shape index (κ2) is 8.37. The highest BCUT2D eigenvalue weighted by Gasteiger charge is 2.31. The van der Waals surface area contributed by atoms with Gasteiger partial charge in [-0.1, -0.05) is 6.07 Å². The van der Waals surface area contributed by atoms with Crippen molar-refractivity contribution in [3.8, 4) is 0 Å². The van der Waals surface area contributed by atoms with Gasteiger partial charge >= 0.3 is 0 Å². The topological polar surface area (TPSA) is 70.8 Å². The second-order valence-electron chi connectivity index (χ2n) is 6.66. The van der Waals surface area contributed by atoms with Gasteiger partial charge in [0.15, 0.2) is 0 Å². The highest BCUT2D eigenvalue weighted by atomic mass is 32.2. The summed E-state index contributed by atoms with van der Waals surface area (Å²) in [7, 11) is -3.18. The van der Waals surface area contributed by atoms with Gasteiger partial charge in [-0.3, -0.25) is 4.79 Å². The molecule has 0 unspecified atom stereocenters. The first-order valence-corrected chi connectivity index (χ1v) is 11.4. The average molecular weight is 397 g/mol. The highest BCUT2D eigenvalue weighted by molar-refractivity contribution is 7.88. The number of rotatable bonds is 7. The third-order valence-electron chi connectivity index (χ3n) is 4.75. The van der Waals surface area contributed by atoms with Crippen LogP contribution in [0.5, 0.6) is 0 Å². The van der Waals surface area contributed by atoms with Crippen LogP contribution in [0.25, 0.3) is 0 Å². The minimum atomic E-state index is -3.18. The Kier molecular flexibility index (Phi) is 6.16. The summed E-state index contributed by atoms with van der Waals surface area (Å²) in [6.07, 6.45) is 6.48. The van der Waals surface area contributed by atoms with Crippen LogP contribution in [0, 0.1) is 5.92 Å².